The lowest BCUT2D eigenvalue weighted by atomic mass is 10.1. The van der Waals surface area contributed by atoms with E-state index < -0.39 is 15.6 Å². The highest BCUT2D eigenvalue weighted by atomic mass is 35.5. The van der Waals surface area contributed by atoms with Crippen molar-refractivity contribution in [3.05, 3.63) is 40.3 Å². The molecule has 1 rings (SSSR count). The van der Waals surface area contributed by atoms with E-state index in [0.29, 0.717) is 10.6 Å². The Bertz CT molecular complexity index is 652. The van der Waals surface area contributed by atoms with Crippen molar-refractivity contribution in [2.75, 3.05) is 14.1 Å². The fourth-order valence-electron chi connectivity index (χ4n) is 1.77. The number of nitrogens with zero attached hydrogens (tertiary/aromatic N) is 1. The van der Waals surface area contributed by atoms with Crippen LogP contribution in [0.4, 0.5) is 0 Å². The monoisotopic (exact) mass is 330 g/mol. The molecule has 0 aliphatic rings. The highest BCUT2D eigenvalue weighted by Gasteiger charge is 2.32. The van der Waals surface area contributed by atoms with Gasteiger partial charge in [0.15, 0.2) is 0 Å². The Kier molecular flexibility index (Phi) is 5.55. The van der Waals surface area contributed by atoms with E-state index in [9.17, 15) is 13.2 Å². The van der Waals surface area contributed by atoms with Crippen LogP contribution in [0.5, 0.6) is 0 Å². The van der Waals surface area contributed by atoms with Crippen LogP contribution in [-0.2, 0) is 14.8 Å². The molecule has 0 radical (unpaired) electrons. The number of halogens is 1. The minimum atomic E-state index is -3.77. The molecule has 7 heteroatoms. The zero-order chi connectivity index (χ0) is 16.3. The van der Waals surface area contributed by atoms with Gasteiger partial charge in [-0.15, -0.1) is 0 Å². The molecule has 0 unspecified atom stereocenters. The zero-order valence-corrected chi connectivity index (χ0v) is 14.0. The third kappa shape index (κ3) is 5.15. The lowest BCUT2D eigenvalue weighted by Gasteiger charge is -2.27. The molecule has 0 heterocycles. The molecule has 0 aliphatic heterocycles. The van der Waals surface area contributed by atoms with E-state index in [1.807, 2.05) is 0 Å². The number of rotatable bonds is 5. The van der Waals surface area contributed by atoms with Crippen molar-refractivity contribution in [3.8, 4) is 0 Å². The number of carbonyl (C=O) groups excluding carboxylic acids is 1. The van der Waals surface area contributed by atoms with Crippen molar-refractivity contribution >= 4 is 33.6 Å². The van der Waals surface area contributed by atoms with Crippen LogP contribution in [-0.4, -0.2) is 38.9 Å². The molecule has 1 aromatic carbocycles. The maximum absolute atomic E-state index is 12.0. The maximum Gasteiger partial charge on any atom is 0.242 e. The van der Waals surface area contributed by atoms with Gasteiger partial charge in [-0.2, -0.15) is 4.72 Å². The summed E-state index contributed by atoms with van der Waals surface area (Å²) in [4.78, 5) is 13.3. The Morgan fingerprint density at radius 2 is 1.86 bits per heavy atom. The van der Waals surface area contributed by atoms with Gasteiger partial charge in [0.1, 0.15) is 5.54 Å². The molecule has 5 nitrogen and oxygen atoms in total. The molecule has 1 N–H and O–H groups in total. The summed E-state index contributed by atoms with van der Waals surface area (Å²) >= 11 is 5.95. The van der Waals surface area contributed by atoms with E-state index in [1.165, 1.54) is 24.8 Å². The Balaban J connectivity index is 2.93. The first-order valence-corrected chi connectivity index (χ1v) is 8.16. The van der Waals surface area contributed by atoms with Gasteiger partial charge >= 0.3 is 0 Å². The molecule has 0 fully saturated rings. The number of carbonyl (C=O) groups is 1. The highest BCUT2D eigenvalue weighted by molar-refractivity contribution is 7.92. The van der Waals surface area contributed by atoms with Crippen LogP contribution in [0.3, 0.4) is 0 Å². The third-order valence-corrected chi connectivity index (χ3v) is 4.30. The van der Waals surface area contributed by atoms with E-state index in [4.69, 9.17) is 11.6 Å². The van der Waals surface area contributed by atoms with Gasteiger partial charge in [-0.1, -0.05) is 29.8 Å². The van der Waals surface area contributed by atoms with Crippen LogP contribution in [0.2, 0.25) is 5.02 Å². The predicted molar refractivity (Wildman–Crippen MR) is 85.3 cm³/mol. The summed E-state index contributed by atoms with van der Waals surface area (Å²) in [6, 6.07) is 6.88. The minimum Gasteiger partial charge on any atom is -0.347 e. The second-order valence-electron chi connectivity index (χ2n) is 5.30. The lowest BCUT2D eigenvalue weighted by molar-refractivity contribution is -0.133. The summed E-state index contributed by atoms with van der Waals surface area (Å²) < 4.78 is 26.4. The van der Waals surface area contributed by atoms with Gasteiger partial charge in [-0.3, -0.25) is 4.79 Å². The SMILES string of the molecule is CN(C)C(=O)C(C)(C)NS(=O)(=O)/C=C/c1ccccc1Cl. The molecular weight excluding hydrogens is 312 g/mol. The van der Waals surface area contributed by atoms with E-state index in [1.54, 1.807) is 38.4 Å². The number of hydrogen-bond donors (Lipinski definition) is 1. The molecule has 21 heavy (non-hydrogen) atoms. The first-order valence-electron chi connectivity index (χ1n) is 6.23. The quantitative estimate of drug-likeness (QED) is 0.899. The van der Waals surface area contributed by atoms with Crippen LogP contribution in [0.25, 0.3) is 6.08 Å². The Labute approximate surface area is 130 Å². The summed E-state index contributed by atoms with van der Waals surface area (Å²) in [5, 5.41) is 1.45. The first kappa shape index (κ1) is 17.7. The van der Waals surface area contributed by atoms with Gasteiger partial charge in [-0.05, 0) is 31.6 Å². The Morgan fingerprint density at radius 3 is 2.38 bits per heavy atom. The van der Waals surface area contributed by atoms with Gasteiger partial charge < -0.3 is 4.90 Å². The van der Waals surface area contributed by atoms with E-state index in [-0.39, 0.29) is 5.91 Å². The number of sulfonamides is 1. The number of benzene rings is 1. The van der Waals surface area contributed by atoms with E-state index in [0.717, 1.165) is 5.41 Å². The van der Waals surface area contributed by atoms with Crippen molar-refractivity contribution < 1.29 is 13.2 Å². The summed E-state index contributed by atoms with van der Waals surface area (Å²) in [5.41, 5.74) is -0.644. The summed E-state index contributed by atoms with van der Waals surface area (Å²) in [5.74, 6) is -0.336. The van der Waals surface area contributed by atoms with Gasteiger partial charge in [0, 0.05) is 24.5 Å². The molecule has 0 aliphatic carbocycles. The number of hydrogen-bond acceptors (Lipinski definition) is 3. The average molecular weight is 331 g/mol. The third-order valence-electron chi connectivity index (χ3n) is 2.67. The van der Waals surface area contributed by atoms with Crippen LogP contribution < -0.4 is 4.72 Å². The van der Waals surface area contributed by atoms with Gasteiger partial charge in [0.2, 0.25) is 15.9 Å². The smallest absolute Gasteiger partial charge is 0.242 e. The number of likely N-dealkylation sites (N-methyl/N-ethyl adjacent to an activating group) is 1. The highest BCUT2D eigenvalue weighted by Crippen LogP contribution is 2.17. The van der Waals surface area contributed by atoms with Gasteiger partial charge in [0.05, 0.1) is 0 Å². The fourth-order valence-corrected chi connectivity index (χ4v) is 3.16. The van der Waals surface area contributed by atoms with Crippen molar-refractivity contribution in [2.24, 2.45) is 0 Å². The molecule has 116 valence electrons. The normalized spacial score (nSPS) is 12.6. The Morgan fingerprint density at radius 1 is 1.29 bits per heavy atom. The zero-order valence-electron chi connectivity index (χ0n) is 12.4. The van der Waals surface area contributed by atoms with Crippen molar-refractivity contribution in [3.63, 3.8) is 0 Å². The first-order chi connectivity index (χ1) is 9.55. The molecule has 0 spiro atoms. The maximum atomic E-state index is 12.0. The van der Waals surface area contributed by atoms with Crippen LogP contribution in [0.15, 0.2) is 29.7 Å². The predicted octanol–water partition coefficient (Wildman–Crippen LogP) is 2.10. The molecule has 0 atom stereocenters. The minimum absolute atomic E-state index is 0.336. The topological polar surface area (TPSA) is 66.5 Å². The molecular formula is C14H19ClN2O3S. The van der Waals surface area contributed by atoms with E-state index >= 15 is 0 Å². The average Bonchev–Trinajstić information content (AvgIpc) is 2.35. The molecule has 0 aromatic heterocycles. The number of nitrogens with one attached hydrogen (secondary N) is 1. The molecule has 0 saturated carbocycles. The van der Waals surface area contributed by atoms with Crippen molar-refractivity contribution in [2.45, 2.75) is 19.4 Å². The van der Waals surface area contributed by atoms with Gasteiger partial charge in [0.25, 0.3) is 0 Å². The molecule has 1 amide bonds. The number of amides is 1. The molecule has 1 aromatic rings. The fraction of sp³-hybridized carbons (Fsp3) is 0.357. The molecule has 0 saturated heterocycles. The van der Waals surface area contributed by atoms with Crippen molar-refractivity contribution in [1.29, 1.82) is 0 Å². The van der Waals surface area contributed by atoms with Crippen molar-refractivity contribution in [1.82, 2.24) is 9.62 Å². The molecule has 0 bridgehead atoms. The summed E-state index contributed by atoms with van der Waals surface area (Å²) in [7, 11) is -0.635. The largest absolute Gasteiger partial charge is 0.347 e. The standard InChI is InChI=1S/C14H19ClN2O3S/c1-14(2,13(18)17(3)4)16-21(19,20)10-9-11-7-5-6-8-12(11)15/h5-10,16H,1-4H3/b10-9+. The Hall–Kier alpha value is -1.37. The lowest BCUT2D eigenvalue weighted by Crippen LogP contribution is -2.53. The van der Waals surface area contributed by atoms with E-state index in [2.05, 4.69) is 4.72 Å². The van der Waals surface area contributed by atoms with Gasteiger partial charge in [-0.25, -0.2) is 8.42 Å². The second kappa shape index (κ2) is 6.60. The van der Waals surface area contributed by atoms with Crippen LogP contribution >= 0.6 is 11.6 Å². The van der Waals surface area contributed by atoms with Crippen LogP contribution in [0, 0.1) is 0 Å². The summed E-state index contributed by atoms with van der Waals surface area (Å²) in [6.45, 7) is 3.02. The second-order valence-corrected chi connectivity index (χ2v) is 7.27. The van der Waals surface area contributed by atoms with Crippen LogP contribution in [0.1, 0.15) is 19.4 Å². The summed E-state index contributed by atoms with van der Waals surface area (Å²) in [6.07, 6.45) is 1.39.